The van der Waals surface area contributed by atoms with Crippen molar-refractivity contribution in [1.29, 1.82) is 0 Å². The van der Waals surface area contributed by atoms with E-state index in [0.29, 0.717) is 10.8 Å². The molecule has 0 bridgehead atoms. The summed E-state index contributed by atoms with van der Waals surface area (Å²) in [6.45, 7) is 5.64. The maximum atomic E-state index is 10.7. The molecule has 0 rings (SSSR count). The van der Waals surface area contributed by atoms with Crippen LogP contribution in [0.3, 0.4) is 0 Å². The molecule has 6 nitrogen and oxygen atoms in total. The maximum Gasteiger partial charge on any atom is 0.289 e. The highest BCUT2D eigenvalue weighted by molar-refractivity contribution is 7.89. The Morgan fingerprint density at radius 2 is 1.12 bits per heavy atom. The van der Waals surface area contributed by atoms with Crippen LogP contribution in [-0.4, -0.2) is 30.0 Å². The van der Waals surface area contributed by atoms with Gasteiger partial charge in [0.05, 0.1) is 24.0 Å². The zero-order valence-electron chi connectivity index (χ0n) is 8.40. The second-order valence-electron chi connectivity index (χ2n) is 2.36. The van der Waals surface area contributed by atoms with E-state index in [9.17, 15) is 16.8 Å². The summed E-state index contributed by atoms with van der Waals surface area (Å²) in [5.74, 6) is 0. The lowest BCUT2D eigenvalue weighted by Crippen LogP contribution is -2.03. The third-order valence-electron chi connectivity index (χ3n) is 1.23. The summed E-state index contributed by atoms with van der Waals surface area (Å²) < 4.78 is 51.7. The van der Waals surface area contributed by atoms with Crippen molar-refractivity contribution in [2.45, 2.75) is 0 Å². The van der Waals surface area contributed by atoms with Crippen molar-refractivity contribution in [2.24, 2.45) is 0 Å². The number of rotatable bonds is 8. The van der Waals surface area contributed by atoms with Crippen molar-refractivity contribution < 1.29 is 25.2 Å². The van der Waals surface area contributed by atoms with Gasteiger partial charge in [-0.2, -0.15) is 16.8 Å². The normalized spacial score (nSPS) is 12.8. The van der Waals surface area contributed by atoms with E-state index in [1.807, 2.05) is 0 Å². The Morgan fingerprint density at radius 3 is 1.38 bits per heavy atom. The number of hydrogen-bond donors (Lipinski definition) is 0. The minimum atomic E-state index is -3.70. The van der Waals surface area contributed by atoms with Gasteiger partial charge in [0.1, 0.15) is 0 Å². The second kappa shape index (κ2) is 6.59. The SMILES string of the molecule is C=CS(=O)(=O)OC/C=C/COS(=O)(=O)C=C. The van der Waals surface area contributed by atoms with Gasteiger partial charge in [0.2, 0.25) is 0 Å². The minimum absolute atomic E-state index is 0.216. The van der Waals surface area contributed by atoms with Crippen LogP contribution in [0.1, 0.15) is 0 Å². The van der Waals surface area contributed by atoms with Gasteiger partial charge in [-0.05, 0) is 0 Å². The molecule has 0 aliphatic rings. The topological polar surface area (TPSA) is 86.7 Å². The summed E-state index contributed by atoms with van der Waals surface area (Å²) in [4.78, 5) is 0. The van der Waals surface area contributed by atoms with Gasteiger partial charge in [0.15, 0.2) is 0 Å². The molecule has 8 heteroatoms. The van der Waals surface area contributed by atoms with Gasteiger partial charge < -0.3 is 0 Å². The second-order valence-corrected chi connectivity index (χ2v) is 5.47. The van der Waals surface area contributed by atoms with Gasteiger partial charge in [0.25, 0.3) is 20.2 Å². The minimum Gasteiger partial charge on any atom is -0.263 e. The molecule has 0 N–H and O–H groups in total. The molecule has 0 amide bonds. The van der Waals surface area contributed by atoms with Crippen LogP contribution in [0.2, 0.25) is 0 Å². The van der Waals surface area contributed by atoms with Gasteiger partial charge in [-0.15, -0.1) is 0 Å². The monoisotopic (exact) mass is 268 g/mol. The Hall–Kier alpha value is -0.960. The van der Waals surface area contributed by atoms with Crippen molar-refractivity contribution >= 4 is 20.2 Å². The molecule has 0 saturated heterocycles. The van der Waals surface area contributed by atoms with Crippen LogP contribution in [0.25, 0.3) is 0 Å². The van der Waals surface area contributed by atoms with Crippen molar-refractivity contribution in [2.75, 3.05) is 13.2 Å². The first-order valence-electron chi connectivity index (χ1n) is 4.02. The molecule has 0 aromatic rings. The van der Waals surface area contributed by atoms with Crippen molar-refractivity contribution in [3.8, 4) is 0 Å². The molecule has 92 valence electrons. The molecular formula is C8H12O6S2. The first kappa shape index (κ1) is 15.0. The summed E-state index contributed by atoms with van der Waals surface area (Å²) in [6, 6.07) is 0. The van der Waals surface area contributed by atoms with Gasteiger partial charge >= 0.3 is 0 Å². The van der Waals surface area contributed by atoms with E-state index in [1.165, 1.54) is 12.2 Å². The molecule has 0 aliphatic heterocycles. The fourth-order valence-corrected chi connectivity index (χ4v) is 1.23. The summed E-state index contributed by atoms with van der Waals surface area (Å²) in [7, 11) is -7.40. The van der Waals surface area contributed by atoms with Crippen molar-refractivity contribution in [1.82, 2.24) is 0 Å². The fourth-order valence-electron chi connectivity index (χ4n) is 0.501. The average Bonchev–Trinajstić information content (AvgIpc) is 2.23. The summed E-state index contributed by atoms with van der Waals surface area (Å²) in [6.07, 6.45) is 2.61. The predicted octanol–water partition coefficient (Wildman–Crippen LogP) is 0.522. The van der Waals surface area contributed by atoms with Crippen LogP contribution in [0, 0.1) is 0 Å². The van der Waals surface area contributed by atoms with Crippen LogP contribution in [0.15, 0.2) is 36.1 Å². The molecule has 0 unspecified atom stereocenters. The average molecular weight is 268 g/mol. The third-order valence-corrected chi connectivity index (χ3v) is 2.98. The molecule has 0 fully saturated rings. The lowest BCUT2D eigenvalue weighted by molar-refractivity contribution is 0.353. The molecule has 0 aliphatic carbocycles. The summed E-state index contributed by atoms with van der Waals surface area (Å²) >= 11 is 0. The van der Waals surface area contributed by atoms with Gasteiger partial charge in [-0.1, -0.05) is 25.3 Å². The van der Waals surface area contributed by atoms with Crippen molar-refractivity contribution in [3.05, 3.63) is 36.1 Å². The van der Waals surface area contributed by atoms with Gasteiger partial charge in [-0.25, -0.2) is 0 Å². The highest BCUT2D eigenvalue weighted by Gasteiger charge is 2.02. The zero-order valence-corrected chi connectivity index (χ0v) is 10.0. The molecular weight excluding hydrogens is 256 g/mol. The molecule has 0 aromatic carbocycles. The molecule has 0 aromatic heterocycles. The lowest BCUT2D eigenvalue weighted by atomic mass is 10.5. The first-order valence-corrected chi connectivity index (χ1v) is 6.96. The predicted molar refractivity (Wildman–Crippen MR) is 59.3 cm³/mol. The van der Waals surface area contributed by atoms with Gasteiger partial charge in [-0.3, -0.25) is 8.37 Å². The maximum absolute atomic E-state index is 10.7. The Morgan fingerprint density at radius 1 is 0.812 bits per heavy atom. The van der Waals surface area contributed by atoms with Crippen LogP contribution < -0.4 is 0 Å². The van der Waals surface area contributed by atoms with E-state index < -0.39 is 20.2 Å². The van der Waals surface area contributed by atoms with E-state index in [-0.39, 0.29) is 13.2 Å². The smallest absolute Gasteiger partial charge is 0.263 e. The van der Waals surface area contributed by atoms with Crippen molar-refractivity contribution in [3.63, 3.8) is 0 Å². The molecule has 16 heavy (non-hydrogen) atoms. The fraction of sp³-hybridized carbons (Fsp3) is 0.250. The zero-order chi connectivity index (χ0) is 12.7. The Bertz CT molecular complexity index is 413. The first-order chi connectivity index (χ1) is 7.33. The van der Waals surface area contributed by atoms with E-state index in [1.54, 1.807) is 0 Å². The Balaban J connectivity index is 3.90. The summed E-state index contributed by atoms with van der Waals surface area (Å²) in [5, 5.41) is 1.33. The van der Waals surface area contributed by atoms with E-state index in [4.69, 9.17) is 0 Å². The highest BCUT2D eigenvalue weighted by atomic mass is 32.2. The Labute approximate surface area is 95.1 Å². The summed E-state index contributed by atoms with van der Waals surface area (Å²) in [5.41, 5.74) is 0. The molecule has 0 saturated carbocycles. The van der Waals surface area contributed by atoms with Crippen LogP contribution in [0.4, 0.5) is 0 Å². The van der Waals surface area contributed by atoms with Crippen LogP contribution in [0.5, 0.6) is 0 Å². The largest absolute Gasteiger partial charge is 0.289 e. The molecule has 0 radical (unpaired) electrons. The van der Waals surface area contributed by atoms with Crippen LogP contribution in [-0.2, 0) is 28.6 Å². The Kier molecular flexibility index (Phi) is 6.19. The quantitative estimate of drug-likeness (QED) is 0.471. The van der Waals surface area contributed by atoms with E-state index in [2.05, 4.69) is 21.5 Å². The standard InChI is InChI=1S/C8H12O6S2/c1-3-15(9,10)13-7-5-6-8-14-16(11,12)4-2/h3-6H,1-2,7-8H2/b6-5+. The molecule has 0 heterocycles. The lowest BCUT2D eigenvalue weighted by Gasteiger charge is -1.97. The van der Waals surface area contributed by atoms with Gasteiger partial charge in [0, 0.05) is 0 Å². The van der Waals surface area contributed by atoms with E-state index in [0.717, 1.165) is 0 Å². The van der Waals surface area contributed by atoms with E-state index >= 15 is 0 Å². The third kappa shape index (κ3) is 7.35. The highest BCUT2D eigenvalue weighted by Crippen LogP contribution is 1.95. The molecule has 0 spiro atoms. The number of hydrogen-bond acceptors (Lipinski definition) is 6. The molecule has 0 atom stereocenters. The van der Waals surface area contributed by atoms with Crippen LogP contribution >= 0.6 is 0 Å².